The first-order valence-electron chi connectivity index (χ1n) is 8.09. The molecule has 0 aromatic heterocycles. The van der Waals surface area contributed by atoms with Crippen molar-refractivity contribution in [2.45, 2.75) is 64.5 Å². The lowest BCUT2D eigenvalue weighted by molar-refractivity contribution is -0.0938. The van der Waals surface area contributed by atoms with Crippen molar-refractivity contribution in [1.82, 2.24) is 0 Å². The fourth-order valence-electron chi connectivity index (χ4n) is 3.64. The first-order valence-corrected chi connectivity index (χ1v) is 8.09. The Hall–Kier alpha value is -0.860. The molecular weight excluding hydrogens is 246 g/mol. The number of nitrogens with two attached hydrogens (primary N) is 1. The lowest BCUT2D eigenvalue weighted by Gasteiger charge is -2.44. The van der Waals surface area contributed by atoms with Gasteiger partial charge in [-0.05, 0) is 43.2 Å². The molecule has 0 aliphatic heterocycles. The summed E-state index contributed by atoms with van der Waals surface area (Å²) in [6.07, 6.45) is 5.75. The minimum absolute atomic E-state index is 0.0169. The van der Waals surface area contributed by atoms with Gasteiger partial charge in [0.15, 0.2) is 0 Å². The molecule has 0 heterocycles. The Morgan fingerprint density at radius 3 is 2.85 bits per heavy atom. The average Bonchev–Trinajstić information content (AvgIpc) is 2.47. The van der Waals surface area contributed by atoms with E-state index in [1.807, 2.05) is 0 Å². The number of rotatable bonds is 5. The van der Waals surface area contributed by atoms with Crippen LogP contribution in [0.1, 0.15) is 63.6 Å². The number of hydrogen-bond donors (Lipinski definition) is 1. The van der Waals surface area contributed by atoms with E-state index in [9.17, 15) is 0 Å². The van der Waals surface area contributed by atoms with Gasteiger partial charge in [0.05, 0.1) is 11.6 Å². The van der Waals surface area contributed by atoms with Gasteiger partial charge in [-0.2, -0.15) is 0 Å². The monoisotopic (exact) mass is 275 g/mol. The fourth-order valence-corrected chi connectivity index (χ4v) is 3.64. The third-order valence-electron chi connectivity index (χ3n) is 4.71. The van der Waals surface area contributed by atoms with Gasteiger partial charge in [-0.1, -0.05) is 51.0 Å². The van der Waals surface area contributed by atoms with Gasteiger partial charge in [-0.15, -0.1) is 0 Å². The summed E-state index contributed by atoms with van der Waals surface area (Å²) in [6, 6.07) is 8.69. The lowest BCUT2D eigenvalue weighted by Crippen LogP contribution is -2.47. The van der Waals surface area contributed by atoms with E-state index in [1.54, 1.807) is 0 Å². The van der Waals surface area contributed by atoms with Crippen LogP contribution in [0.25, 0.3) is 0 Å². The van der Waals surface area contributed by atoms with E-state index in [0.29, 0.717) is 5.92 Å². The van der Waals surface area contributed by atoms with Crippen LogP contribution < -0.4 is 5.73 Å². The zero-order chi connectivity index (χ0) is 14.6. The zero-order valence-electron chi connectivity index (χ0n) is 13.2. The highest BCUT2D eigenvalue weighted by atomic mass is 16.5. The van der Waals surface area contributed by atoms with E-state index in [4.69, 9.17) is 10.5 Å². The van der Waals surface area contributed by atoms with Crippen molar-refractivity contribution >= 4 is 0 Å². The van der Waals surface area contributed by atoms with Crippen LogP contribution >= 0.6 is 0 Å². The first-order chi connectivity index (χ1) is 9.61. The molecule has 0 spiro atoms. The lowest BCUT2D eigenvalue weighted by atomic mass is 9.73. The second-order valence-electron chi connectivity index (χ2n) is 6.28. The summed E-state index contributed by atoms with van der Waals surface area (Å²) in [5.74, 6) is 0.704. The molecule has 1 fully saturated rings. The number of benzene rings is 1. The predicted octanol–water partition coefficient (Wildman–Crippen LogP) is 4.23. The Morgan fingerprint density at radius 2 is 2.20 bits per heavy atom. The van der Waals surface area contributed by atoms with Gasteiger partial charge in [0.2, 0.25) is 0 Å². The van der Waals surface area contributed by atoms with Crippen molar-refractivity contribution in [3.63, 3.8) is 0 Å². The van der Waals surface area contributed by atoms with Crippen LogP contribution in [0.3, 0.4) is 0 Å². The summed E-state index contributed by atoms with van der Waals surface area (Å²) in [6.45, 7) is 7.33. The Kier molecular flexibility index (Phi) is 5.22. The van der Waals surface area contributed by atoms with Crippen molar-refractivity contribution < 1.29 is 4.74 Å². The summed E-state index contributed by atoms with van der Waals surface area (Å²) in [5, 5.41) is 0. The first kappa shape index (κ1) is 15.5. The number of aryl methyl sites for hydroxylation is 1. The molecule has 1 saturated carbocycles. The maximum absolute atomic E-state index is 6.65. The molecule has 20 heavy (non-hydrogen) atoms. The molecule has 0 saturated heterocycles. The topological polar surface area (TPSA) is 35.2 Å². The summed E-state index contributed by atoms with van der Waals surface area (Å²) >= 11 is 0. The molecule has 0 amide bonds. The van der Waals surface area contributed by atoms with Gasteiger partial charge in [-0.25, -0.2) is 0 Å². The van der Waals surface area contributed by atoms with Crippen LogP contribution in [0, 0.1) is 5.92 Å². The molecule has 1 aromatic rings. The maximum Gasteiger partial charge on any atom is 0.0876 e. The van der Waals surface area contributed by atoms with E-state index in [0.717, 1.165) is 25.9 Å². The fraction of sp³-hybridized carbons (Fsp3) is 0.667. The normalized spacial score (nSPS) is 28.3. The van der Waals surface area contributed by atoms with Crippen LogP contribution in [0.5, 0.6) is 0 Å². The molecule has 1 aliphatic rings. The zero-order valence-corrected chi connectivity index (χ0v) is 13.2. The van der Waals surface area contributed by atoms with Gasteiger partial charge < -0.3 is 10.5 Å². The van der Waals surface area contributed by atoms with Crippen molar-refractivity contribution in [2.75, 3.05) is 6.61 Å². The van der Waals surface area contributed by atoms with E-state index >= 15 is 0 Å². The van der Waals surface area contributed by atoms with E-state index < -0.39 is 0 Å². The Morgan fingerprint density at radius 1 is 1.40 bits per heavy atom. The second-order valence-corrected chi connectivity index (χ2v) is 6.28. The average molecular weight is 275 g/mol. The summed E-state index contributed by atoms with van der Waals surface area (Å²) in [4.78, 5) is 0. The third-order valence-corrected chi connectivity index (χ3v) is 4.71. The predicted molar refractivity (Wildman–Crippen MR) is 84.7 cm³/mol. The molecule has 2 heteroatoms. The van der Waals surface area contributed by atoms with Gasteiger partial charge in [0, 0.05) is 6.61 Å². The highest BCUT2D eigenvalue weighted by Gasteiger charge is 2.41. The molecule has 3 atom stereocenters. The highest BCUT2D eigenvalue weighted by Crippen LogP contribution is 2.42. The molecule has 1 aliphatic carbocycles. The SMILES string of the molecule is CCOC1(C(N)c2cccc(CC)c2)CCCC(C)C1. The van der Waals surface area contributed by atoms with Gasteiger partial charge in [0.1, 0.15) is 0 Å². The van der Waals surface area contributed by atoms with Crippen molar-refractivity contribution in [2.24, 2.45) is 11.7 Å². The van der Waals surface area contributed by atoms with Crippen LogP contribution in [0.4, 0.5) is 0 Å². The summed E-state index contributed by atoms with van der Waals surface area (Å²) in [5.41, 5.74) is 9.07. The number of hydrogen-bond acceptors (Lipinski definition) is 2. The molecule has 0 radical (unpaired) electrons. The molecule has 0 bridgehead atoms. The van der Waals surface area contributed by atoms with E-state index in [-0.39, 0.29) is 11.6 Å². The largest absolute Gasteiger partial charge is 0.373 e. The summed E-state index contributed by atoms with van der Waals surface area (Å²) in [7, 11) is 0. The maximum atomic E-state index is 6.65. The molecule has 2 rings (SSSR count). The minimum atomic E-state index is -0.168. The van der Waals surface area contributed by atoms with Crippen LogP contribution in [-0.2, 0) is 11.2 Å². The van der Waals surface area contributed by atoms with Crippen molar-refractivity contribution in [3.8, 4) is 0 Å². The molecule has 3 unspecified atom stereocenters. The number of ether oxygens (including phenoxy) is 1. The van der Waals surface area contributed by atoms with Gasteiger partial charge in [0.25, 0.3) is 0 Å². The minimum Gasteiger partial charge on any atom is -0.373 e. The molecule has 2 N–H and O–H groups in total. The van der Waals surface area contributed by atoms with Crippen molar-refractivity contribution in [3.05, 3.63) is 35.4 Å². The standard InChI is InChI=1S/C18H29NO/c1-4-15-9-6-10-16(12-15)17(19)18(20-5-2)11-7-8-14(3)13-18/h6,9-10,12,14,17H,4-5,7-8,11,13,19H2,1-3H3. The quantitative estimate of drug-likeness (QED) is 0.872. The van der Waals surface area contributed by atoms with Crippen LogP contribution in [0.15, 0.2) is 24.3 Å². The smallest absolute Gasteiger partial charge is 0.0876 e. The molecular formula is C18H29NO. The Labute approximate surface area is 123 Å². The second kappa shape index (κ2) is 6.73. The van der Waals surface area contributed by atoms with Crippen molar-refractivity contribution in [1.29, 1.82) is 0 Å². The third kappa shape index (κ3) is 3.24. The van der Waals surface area contributed by atoms with Crippen LogP contribution in [0.2, 0.25) is 0 Å². The van der Waals surface area contributed by atoms with Gasteiger partial charge >= 0.3 is 0 Å². The molecule has 2 nitrogen and oxygen atoms in total. The van der Waals surface area contributed by atoms with Gasteiger partial charge in [-0.3, -0.25) is 0 Å². The Balaban J connectivity index is 2.27. The Bertz CT molecular complexity index is 427. The summed E-state index contributed by atoms with van der Waals surface area (Å²) < 4.78 is 6.21. The highest BCUT2D eigenvalue weighted by molar-refractivity contribution is 5.28. The molecule has 112 valence electrons. The van der Waals surface area contributed by atoms with Crippen LogP contribution in [-0.4, -0.2) is 12.2 Å². The van der Waals surface area contributed by atoms with E-state index in [2.05, 4.69) is 45.0 Å². The van der Waals surface area contributed by atoms with E-state index in [1.165, 1.54) is 24.0 Å². The molecule has 1 aromatic carbocycles.